The van der Waals surface area contributed by atoms with Crippen molar-refractivity contribution in [2.75, 3.05) is 20.1 Å². The molecule has 0 unspecified atom stereocenters. The maximum atomic E-state index is 11.8. The first-order chi connectivity index (χ1) is 7.15. The van der Waals surface area contributed by atoms with Crippen LogP contribution >= 0.6 is 22.6 Å². The fraction of sp³-hybridized carbons (Fsp3) is 0.364. The maximum Gasteiger partial charge on any atom is 0.253 e. The topological polar surface area (TPSA) is 46.3 Å². The highest BCUT2D eigenvalue weighted by Gasteiger charge is 2.10. The Morgan fingerprint density at radius 2 is 2.00 bits per heavy atom. The van der Waals surface area contributed by atoms with Gasteiger partial charge in [-0.1, -0.05) is 0 Å². The van der Waals surface area contributed by atoms with Gasteiger partial charge in [0.05, 0.1) is 0 Å². The molecule has 0 atom stereocenters. The molecular formula is C11H15IN2O. The molecule has 0 aliphatic heterocycles. The number of halogens is 1. The van der Waals surface area contributed by atoms with Crippen LogP contribution in [0.4, 0.5) is 0 Å². The first-order valence-corrected chi connectivity index (χ1v) is 5.94. The zero-order valence-electron chi connectivity index (χ0n) is 8.74. The second-order valence-corrected chi connectivity index (χ2v) is 4.62. The van der Waals surface area contributed by atoms with E-state index in [0.29, 0.717) is 13.1 Å². The molecule has 4 heteroatoms. The van der Waals surface area contributed by atoms with E-state index in [2.05, 4.69) is 22.6 Å². The Hall–Kier alpha value is -0.620. The van der Waals surface area contributed by atoms with Crippen LogP contribution in [0.2, 0.25) is 0 Å². The Balaban J connectivity index is 2.63. The summed E-state index contributed by atoms with van der Waals surface area (Å²) in [4.78, 5) is 13.5. The SMILES string of the molecule is CN(CCCN)C(=O)c1ccc(I)cc1. The van der Waals surface area contributed by atoms with Crippen molar-refractivity contribution >= 4 is 28.5 Å². The largest absolute Gasteiger partial charge is 0.342 e. The average molecular weight is 318 g/mol. The highest BCUT2D eigenvalue weighted by Crippen LogP contribution is 2.08. The van der Waals surface area contributed by atoms with Gasteiger partial charge in [-0.3, -0.25) is 4.79 Å². The number of nitrogens with zero attached hydrogens (tertiary/aromatic N) is 1. The molecule has 0 saturated heterocycles. The van der Waals surface area contributed by atoms with E-state index in [4.69, 9.17) is 5.73 Å². The summed E-state index contributed by atoms with van der Waals surface area (Å²) < 4.78 is 1.13. The van der Waals surface area contributed by atoms with Gasteiger partial charge in [-0.2, -0.15) is 0 Å². The summed E-state index contributed by atoms with van der Waals surface area (Å²) in [6.45, 7) is 1.33. The van der Waals surface area contributed by atoms with Crippen molar-refractivity contribution in [2.24, 2.45) is 5.73 Å². The normalized spacial score (nSPS) is 10.1. The van der Waals surface area contributed by atoms with Crippen molar-refractivity contribution < 1.29 is 4.79 Å². The predicted octanol–water partition coefficient (Wildman–Crippen LogP) is 1.71. The minimum atomic E-state index is 0.0554. The van der Waals surface area contributed by atoms with Crippen molar-refractivity contribution in [3.8, 4) is 0 Å². The van der Waals surface area contributed by atoms with Gasteiger partial charge in [-0.05, 0) is 59.8 Å². The number of benzene rings is 1. The Morgan fingerprint density at radius 1 is 1.40 bits per heavy atom. The van der Waals surface area contributed by atoms with Crippen LogP contribution in [0.3, 0.4) is 0 Å². The summed E-state index contributed by atoms with van der Waals surface area (Å²) in [5.74, 6) is 0.0554. The molecular weight excluding hydrogens is 303 g/mol. The standard InChI is InChI=1S/C11H15IN2O/c1-14(8-2-7-13)11(15)9-3-5-10(12)6-4-9/h3-6H,2,7-8,13H2,1H3. The summed E-state index contributed by atoms with van der Waals surface area (Å²) in [6.07, 6.45) is 0.840. The second kappa shape index (κ2) is 6.07. The summed E-state index contributed by atoms with van der Waals surface area (Å²) in [7, 11) is 1.80. The van der Waals surface area contributed by atoms with Crippen LogP contribution in [0.25, 0.3) is 0 Å². The number of hydrogen-bond acceptors (Lipinski definition) is 2. The lowest BCUT2D eigenvalue weighted by atomic mass is 10.2. The number of amides is 1. The molecule has 2 N–H and O–H groups in total. The van der Waals surface area contributed by atoms with Crippen LogP contribution in [-0.2, 0) is 0 Å². The van der Waals surface area contributed by atoms with Crippen molar-refractivity contribution in [1.29, 1.82) is 0 Å². The van der Waals surface area contributed by atoms with Crippen LogP contribution in [0.1, 0.15) is 16.8 Å². The van der Waals surface area contributed by atoms with Gasteiger partial charge >= 0.3 is 0 Å². The molecule has 0 radical (unpaired) electrons. The lowest BCUT2D eigenvalue weighted by molar-refractivity contribution is 0.0794. The van der Waals surface area contributed by atoms with Gasteiger partial charge in [0.1, 0.15) is 0 Å². The van der Waals surface area contributed by atoms with Crippen LogP contribution in [0.15, 0.2) is 24.3 Å². The number of carbonyl (C=O) groups excluding carboxylic acids is 1. The minimum Gasteiger partial charge on any atom is -0.342 e. The Morgan fingerprint density at radius 3 is 2.53 bits per heavy atom. The predicted molar refractivity (Wildman–Crippen MR) is 69.8 cm³/mol. The van der Waals surface area contributed by atoms with Gasteiger partial charge in [-0.15, -0.1) is 0 Å². The number of nitrogens with two attached hydrogens (primary N) is 1. The minimum absolute atomic E-state index is 0.0554. The lowest BCUT2D eigenvalue weighted by Crippen LogP contribution is -2.28. The Bertz CT molecular complexity index is 324. The van der Waals surface area contributed by atoms with Crippen LogP contribution < -0.4 is 5.73 Å². The first-order valence-electron chi connectivity index (χ1n) is 4.86. The third-order valence-corrected chi connectivity index (χ3v) is 2.85. The number of hydrogen-bond donors (Lipinski definition) is 1. The van der Waals surface area contributed by atoms with Crippen LogP contribution in [-0.4, -0.2) is 30.9 Å². The summed E-state index contributed by atoms with van der Waals surface area (Å²) >= 11 is 2.22. The van der Waals surface area contributed by atoms with E-state index in [1.54, 1.807) is 11.9 Å². The number of rotatable bonds is 4. The van der Waals surface area contributed by atoms with Crippen molar-refractivity contribution in [1.82, 2.24) is 4.90 Å². The Kier molecular flexibility index (Phi) is 5.04. The van der Waals surface area contributed by atoms with E-state index in [-0.39, 0.29) is 5.91 Å². The molecule has 1 aromatic carbocycles. The van der Waals surface area contributed by atoms with E-state index in [9.17, 15) is 4.79 Å². The molecule has 1 rings (SSSR count). The molecule has 0 fully saturated rings. The van der Waals surface area contributed by atoms with E-state index in [1.807, 2.05) is 24.3 Å². The monoisotopic (exact) mass is 318 g/mol. The zero-order chi connectivity index (χ0) is 11.3. The third-order valence-electron chi connectivity index (χ3n) is 2.14. The molecule has 15 heavy (non-hydrogen) atoms. The number of carbonyl (C=O) groups is 1. The van der Waals surface area contributed by atoms with E-state index >= 15 is 0 Å². The molecule has 3 nitrogen and oxygen atoms in total. The van der Waals surface area contributed by atoms with Crippen molar-refractivity contribution in [3.05, 3.63) is 33.4 Å². The molecule has 0 aliphatic carbocycles. The van der Waals surface area contributed by atoms with E-state index in [0.717, 1.165) is 15.6 Å². The quantitative estimate of drug-likeness (QED) is 0.859. The average Bonchev–Trinajstić information content (AvgIpc) is 2.26. The van der Waals surface area contributed by atoms with Gasteiger partial charge in [0, 0.05) is 22.7 Å². The molecule has 0 bridgehead atoms. The fourth-order valence-electron chi connectivity index (χ4n) is 1.24. The van der Waals surface area contributed by atoms with Gasteiger partial charge in [0.25, 0.3) is 5.91 Å². The molecule has 1 amide bonds. The highest BCUT2D eigenvalue weighted by molar-refractivity contribution is 14.1. The first kappa shape index (κ1) is 12.4. The summed E-state index contributed by atoms with van der Waals surface area (Å²) in [5.41, 5.74) is 6.13. The molecule has 0 aromatic heterocycles. The molecule has 0 heterocycles. The van der Waals surface area contributed by atoms with Gasteiger partial charge in [0.15, 0.2) is 0 Å². The van der Waals surface area contributed by atoms with Gasteiger partial charge in [-0.25, -0.2) is 0 Å². The van der Waals surface area contributed by atoms with Gasteiger partial charge in [0.2, 0.25) is 0 Å². The summed E-state index contributed by atoms with van der Waals surface area (Å²) in [5, 5.41) is 0. The second-order valence-electron chi connectivity index (χ2n) is 3.38. The smallest absolute Gasteiger partial charge is 0.253 e. The van der Waals surface area contributed by atoms with Crippen LogP contribution in [0, 0.1) is 3.57 Å². The maximum absolute atomic E-state index is 11.8. The molecule has 82 valence electrons. The van der Waals surface area contributed by atoms with Crippen molar-refractivity contribution in [3.63, 3.8) is 0 Å². The van der Waals surface area contributed by atoms with E-state index in [1.165, 1.54) is 0 Å². The molecule has 1 aromatic rings. The molecule has 0 aliphatic rings. The highest BCUT2D eigenvalue weighted by atomic mass is 127. The van der Waals surface area contributed by atoms with E-state index < -0.39 is 0 Å². The molecule has 0 saturated carbocycles. The van der Waals surface area contributed by atoms with Gasteiger partial charge < -0.3 is 10.6 Å². The Labute approximate surface area is 104 Å². The fourth-order valence-corrected chi connectivity index (χ4v) is 1.60. The lowest BCUT2D eigenvalue weighted by Gasteiger charge is -2.16. The molecule has 0 spiro atoms. The van der Waals surface area contributed by atoms with Crippen molar-refractivity contribution in [2.45, 2.75) is 6.42 Å². The van der Waals surface area contributed by atoms with Crippen LogP contribution in [0.5, 0.6) is 0 Å². The zero-order valence-corrected chi connectivity index (χ0v) is 10.9. The third kappa shape index (κ3) is 3.79. The summed E-state index contributed by atoms with van der Waals surface area (Å²) in [6, 6.07) is 7.57.